The molecule has 0 saturated carbocycles. The van der Waals surface area contributed by atoms with Crippen molar-refractivity contribution in [2.24, 2.45) is 5.92 Å². The fourth-order valence-electron chi connectivity index (χ4n) is 6.71. The Morgan fingerprint density at radius 3 is 2.75 bits per heavy atom. The largest absolute Gasteiger partial charge is 0.478 e. The molecule has 3 saturated heterocycles. The van der Waals surface area contributed by atoms with E-state index in [1.54, 1.807) is 19.2 Å². The van der Waals surface area contributed by atoms with Crippen LogP contribution in [0.3, 0.4) is 0 Å². The van der Waals surface area contributed by atoms with E-state index in [2.05, 4.69) is 41.5 Å². The van der Waals surface area contributed by atoms with Gasteiger partial charge in [0.25, 0.3) is 0 Å². The number of carbonyl (C=O) groups is 1. The number of hydrogen-bond donors (Lipinski definition) is 3. The predicted octanol–water partition coefficient (Wildman–Crippen LogP) is 2.97. The van der Waals surface area contributed by atoms with E-state index >= 15 is 0 Å². The number of carboxylic acid groups (broad SMARTS) is 1. The number of epoxide rings is 1. The smallest absolute Gasteiger partial charge is 0.335 e. The predicted molar refractivity (Wildman–Crippen MR) is 134 cm³/mol. The van der Waals surface area contributed by atoms with Gasteiger partial charge < -0.3 is 24.6 Å². The molecule has 5 heterocycles. The first-order valence-electron chi connectivity index (χ1n) is 13.2. The lowest BCUT2D eigenvalue weighted by Gasteiger charge is -2.46. The Morgan fingerprint density at radius 2 is 2.08 bits per heavy atom. The molecule has 1 aromatic carbocycles. The zero-order valence-corrected chi connectivity index (χ0v) is 21.4. The molecule has 3 N–H and O–H groups in total. The first-order chi connectivity index (χ1) is 17.3. The lowest BCUT2D eigenvalue weighted by Crippen LogP contribution is -2.56. The summed E-state index contributed by atoms with van der Waals surface area (Å²) in [6.45, 7) is 7.96. The first kappa shape index (κ1) is 24.3. The fourth-order valence-corrected chi connectivity index (χ4v) is 6.71. The molecule has 1 aromatic rings. The van der Waals surface area contributed by atoms with E-state index < -0.39 is 17.5 Å². The van der Waals surface area contributed by atoms with Crippen molar-refractivity contribution in [2.75, 3.05) is 33.4 Å². The molecule has 36 heavy (non-hydrogen) atoms. The molecule has 1 spiro atoms. The van der Waals surface area contributed by atoms with Gasteiger partial charge in [-0.3, -0.25) is 10.2 Å². The van der Waals surface area contributed by atoms with E-state index in [-0.39, 0.29) is 23.3 Å². The number of nitrogens with zero attached hydrogens (tertiary/aromatic N) is 1. The van der Waals surface area contributed by atoms with Crippen molar-refractivity contribution in [1.82, 2.24) is 15.5 Å². The Labute approximate surface area is 212 Å². The Hall–Kier alpha value is -2.07. The van der Waals surface area contributed by atoms with Crippen LogP contribution in [0, 0.1) is 5.92 Å². The molecule has 0 radical (unpaired) electrons. The highest BCUT2D eigenvalue weighted by molar-refractivity contribution is 5.87. The van der Waals surface area contributed by atoms with Crippen molar-refractivity contribution in [2.45, 2.75) is 68.8 Å². The fraction of sp³-hybridized carbons (Fsp3) is 0.607. The van der Waals surface area contributed by atoms with Crippen LogP contribution in [-0.4, -0.2) is 72.9 Å². The molecule has 7 rings (SSSR count). The Balaban J connectivity index is 1.33. The van der Waals surface area contributed by atoms with Gasteiger partial charge in [0.1, 0.15) is 12.2 Å². The van der Waals surface area contributed by atoms with Gasteiger partial charge in [-0.15, -0.1) is 0 Å². The van der Waals surface area contributed by atoms with Crippen LogP contribution in [-0.2, 0) is 19.9 Å². The van der Waals surface area contributed by atoms with Gasteiger partial charge in [-0.05, 0) is 48.5 Å². The van der Waals surface area contributed by atoms with Crippen LogP contribution >= 0.6 is 0 Å². The summed E-state index contributed by atoms with van der Waals surface area (Å²) in [5.74, 6) is -1.19. The van der Waals surface area contributed by atoms with Crippen molar-refractivity contribution >= 4 is 5.97 Å². The first-order valence-corrected chi connectivity index (χ1v) is 13.2. The molecule has 4 atom stereocenters. The maximum atomic E-state index is 11.8. The van der Waals surface area contributed by atoms with Gasteiger partial charge in [-0.2, -0.15) is 0 Å². The van der Waals surface area contributed by atoms with Gasteiger partial charge in [0.05, 0.1) is 5.56 Å². The van der Waals surface area contributed by atoms with E-state index in [1.807, 2.05) is 12.1 Å². The van der Waals surface area contributed by atoms with E-state index in [4.69, 9.17) is 14.2 Å². The molecule has 0 aromatic heterocycles. The number of aromatic carboxylic acids is 1. The minimum absolute atomic E-state index is 0.127. The third-order valence-electron chi connectivity index (χ3n) is 8.72. The van der Waals surface area contributed by atoms with Crippen molar-refractivity contribution in [3.63, 3.8) is 0 Å². The van der Waals surface area contributed by atoms with Crippen LogP contribution in [0.4, 0.5) is 0 Å². The van der Waals surface area contributed by atoms with Crippen molar-refractivity contribution in [3.8, 4) is 0 Å². The number of rotatable bonds is 7. The summed E-state index contributed by atoms with van der Waals surface area (Å²) in [5.41, 5.74) is 2.89. The van der Waals surface area contributed by atoms with Gasteiger partial charge in [0.15, 0.2) is 11.5 Å². The molecule has 8 nitrogen and oxygen atoms in total. The lowest BCUT2D eigenvalue weighted by molar-refractivity contribution is -0.228. The topological polar surface area (TPSA) is 95.6 Å². The lowest BCUT2D eigenvalue weighted by atomic mass is 9.80. The summed E-state index contributed by atoms with van der Waals surface area (Å²) in [6, 6.07) is 7.22. The number of likely N-dealkylation sites (tertiary alicyclic amines) is 1. The average Bonchev–Trinajstić information content (AvgIpc) is 3.49. The highest BCUT2D eigenvalue weighted by atomic mass is 16.7. The number of piperidine rings is 1. The molecule has 194 valence electrons. The summed E-state index contributed by atoms with van der Waals surface area (Å²) >= 11 is 0. The molecule has 5 aliphatic heterocycles. The summed E-state index contributed by atoms with van der Waals surface area (Å²) < 4.78 is 19.4. The zero-order valence-electron chi connectivity index (χ0n) is 21.4. The molecular formula is C28H37N3O5. The van der Waals surface area contributed by atoms with Crippen LogP contribution in [0.2, 0.25) is 0 Å². The standard InChI is InChI=1S/C28H37N3O5/c1-18(2)13-22-14-19-7-8-27(22,34-3)35-23(19)24-28(36-24,21-6-4-5-20(15-21)25(32)33)31-11-9-26(10-12-31)16-29-17-30-26/h4-7,14-15,18,23-24,29-30H,8-13,16-17H2,1-3H3,(H,32,33). The van der Waals surface area contributed by atoms with Crippen LogP contribution in [0.1, 0.15) is 55.5 Å². The number of benzene rings is 1. The van der Waals surface area contributed by atoms with Crippen molar-refractivity contribution in [1.29, 1.82) is 0 Å². The third-order valence-corrected chi connectivity index (χ3v) is 8.72. The van der Waals surface area contributed by atoms with Crippen LogP contribution in [0.25, 0.3) is 0 Å². The maximum Gasteiger partial charge on any atom is 0.335 e. The number of fused-ring (bicyclic) bond motifs is 2. The second kappa shape index (κ2) is 8.75. The quantitative estimate of drug-likeness (QED) is 0.497. The highest BCUT2D eigenvalue weighted by Crippen LogP contribution is 2.57. The van der Waals surface area contributed by atoms with Crippen LogP contribution in [0.5, 0.6) is 0 Å². The molecule has 6 aliphatic rings. The second-order valence-electron chi connectivity index (χ2n) is 11.3. The molecule has 0 amide bonds. The van der Waals surface area contributed by atoms with E-state index in [1.165, 1.54) is 5.57 Å². The van der Waals surface area contributed by atoms with Crippen LogP contribution < -0.4 is 10.6 Å². The number of carboxylic acids is 1. The Kier molecular flexibility index (Phi) is 5.90. The van der Waals surface area contributed by atoms with E-state index in [9.17, 15) is 9.90 Å². The van der Waals surface area contributed by atoms with Gasteiger partial charge >= 0.3 is 5.97 Å². The number of ether oxygens (including phenoxy) is 3. The molecule has 2 bridgehead atoms. The molecule has 4 unspecified atom stereocenters. The van der Waals surface area contributed by atoms with Gasteiger partial charge in [0, 0.05) is 50.9 Å². The highest BCUT2D eigenvalue weighted by Gasteiger charge is 2.68. The van der Waals surface area contributed by atoms with E-state index in [0.29, 0.717) is 12.3 Å². The maximum absolute atomic E-state index is 11.8. The monoisotopic (exact) mass is 495 g/mol. The summed E-state index contributed by atoms with van der Waals surface area (Å²) in [6.07, 6.45) is 7.59. The Bertz CT molecular complexity index is 1100. The average molecular weight is 496 g/mol. The SMILES string of the molecule is COC12CC=C(C=C1CC(C)C)C(C1OC1(c1cccc(C(=O)O)c1)N1CCC3(CC1)CNCN3)O2. The van der Waals surface area contributed by atoms with E-state index in [0.717, 1.165) is 56.7 Å². The minimum atomic E-state index is -0.932. The second-order valence-corrected chi connectivity index (χ2v) is 11.3. The zero-order chi connectivity index (χ0) is 25.1. The van der Waals surface area contributed by atoms with Gasteiger partial charge in [0.2, 0.25) is 0 Å². The van der Waals surface area contributed by atoms with Crippen molar-refractivity contribution < 1.29 is 24.1 Å². The summed E-state index contributed by atoms with van der Waals surface area (Å²) in [4.78, 5) is 14.2. The van der Waals surface area contributed by atoms with Gasteiger partial charge in [-0.1, -0.05) is 38.1 Å². The molecule has 3 fully saturated rings. The number of methoxy groups -OCH3 is 1. The van der Waals surface area contributed by atoms with Crippen molar-refractivity contribution in [3.05, 3.63) is 58.7 Å². The number of nitrogens with one attached hydrogen (secondary N) is 2. The van der Waals surface area contributed by atoms with Crippen LogP contribution in [0.15, 0.2) is 47.6 Å². The molecule has 8 heteroatoms. The molecule has 1 aliphatic carbocycles. The summed E-state index contributed by atoms with van der Waals surface area (Å²) in [5, 5.41) is 16.8. The number of hydrogen-bond acceptors (Lipinski definition) is 7. The summed E-state index contributed by atoms with van der Waals surface area (Å²) in [7, 11) is 1.72. The molecular weight excluding hydrogens is 458 g/mol. The third kappa shape index (κ3) is 3.78. The minimum Gasteiger partial charge on any atom is -0.478 e. The normalized spacial score (nSPS) is 35.2. The van der Waals surface area contributed by atoms with Gasteiger partial charge in [-0.25, -0.2) is 4.79 Å². The Morgan fingerprint density at radius 1 is 1.28 bits per heavy atom.